The van der Waals surface area contributed by atoms with Gasteiger partial charge < -0.3 is 0 Å². The predicted octanol–water partition coefficient (Wildman–Crippen LogP) is 3.30. The first-order chi connectivity index (χ1) is 6.43. The van der Waals surface area contributed by atoms with Crippen molar-refractivity contribution in [2.45, 2.75) is 6.92 Å². The van der Waals surface area contributed by atoms with E-state index in [9.17, 15) is 0 Å². The van der Waals surface area contributed by atoms with Gasteiger partial charge in [-0.1, -0.05) is 37.0 Å². The van der Waals surface area contributed by atoms with Gasteiger partial charge in [0.05, 0.1) is 0 Å². The number of hydrogen-bond donors (Lipinski definition) is 0. The molecule has 0 aromatic heterocycles. The van der Waals surface area contributed by atoms with Crippen molar-refractivity contribution < 1.29 is 0 Å². The van der Waals surface area contributed by atoms with E-state index >= 15 is 0 Å². The summed E-state index contributed by atoms with van der Waals surface area (Å²) >= 11 is 1.76. The summed E-state index contributed by atoms with van der Waals surface area (Å²) in [6.07, 6.45) is 1.89. The van der Waals surface area contributed by atoms with Gasteiger partial charge in [-0.15, -0.1) is 11.8 Å². The lowest BCUT2D eigenvalue weighted by Crippen LogP contribution is -1.68. The lowest BCUT2D eigenvalue weighted by Gasteiger charge is -1.84. The van der Waals surface area contributed by atoms with Crippen molar-refractivity contribution >= 4 is 11.8 Å². The van der Waals surface area contributed by atoms with Gasteiger partial charge in [-0.3, -0.25) is 0 Å². The molecule has 0 atom stereocenters. The summed E-state index contributed by atoms with van der Waals surface area (Å²) in [7, 11) is 0. The van der Waals surface area contributed by atoms with Crippen molar-refractivity contribution in [3.63, 3.8) is 0 Å². The number of thioether (sulfide) groups is 1. The zero-order valence-electron chi connectivity index (χ0n) is 7.66. The minimum absolute atomic E-state index is 1.06. The minimum Gasteiger partial charge on any atom is -0.134 e. The maximum atomic E-state index is 3.05. The fourth-order valence-electron chi connectivity index (χ4n) is 0.825. The number of benzene rings is 1. The van der Waals surface area contributed by atoms with Crippen LogP contribution >= 0.6 is 11.8 Å². The number of hydrogen-bond acceptors (Lipinski definition) is 1. The van der Waals surface area contributed by atoms with E-state index in [1.54, 1.807) is 11.8 Å². The van der Waals surface area contributed by atoms with E-state index in [-0.39, 0.29) is 0 Å². The maximum absolute atomic E-state index is 3.05. The number of rotatable bonds is 2. The van der Waals surface area contributed by atoms with E-state index in [1.165, 1.54) is 0 Å². The largest absolute Gasteiger partial charge is 0.134 e. The van der Waals surface area contributed by atoms with Gasteiger partial charge in [0.2, 0.25) is 0 Å². The highest BCUT2D eigenvalue weighted by atomic mass is 32.2. The van der Waals surface area contributed by atoms with Crippen molar-refractivity contribution in [2.75, 3.05) is 5.75 Å². The van der Waals surface area contributed by atoms with Gasteiger partial charge >= 0.3 is 0 Å². The monoisotopic (exact) mass is 188 g/mol. The lowest BCUT2D eigenvalue weighted by molar-refractivity contribution is 1.54. The van der Waals surface area contributed by atoms with Gasteiger partial charge in [-0.25, -0.2) is 0 Å². The summed E-state index contributed by atoms with van der Waals surface area (Å²) in [4.78, 5) is 0. The van der Waals surface area contributed by atoms with Crippen LogP contribution in [0.5, 0.6) is 0 Å². The Labute approximate surface area is 84.1 Å². The SMILES string of the molecule is CCS/C=C\C#Cc1ccccc1. The van der Waals surface area contributed by atoms with Crippen molar-refractivity contribution in [1.82, 2.24) is 0 Å². The first-order valence-electron chi connectivity index (χ1n) is 4.26. The van der Waals surface area contributed by atoms with Crippen LogP contribution in [0.3, 0.4) is 0 Å². The molecule has 0 nitrogen and oxygen atoms in total. The molecule has 0 saturated carbocycles. The topological polar surface area (TPSA) is 0 Å². The summed E-state index contributed by atoms with van der Waals surface area (Å²) in [5.41, 5.74) is 1.06. The molecule has 0 N–H and O–H groups in total. The van der Waals surface area contributed by atoms with E-state index in [2.05, 4.69) is 18.8 Å². The molecule has 0 fully saturated rings. The summed E-state index contributed by atoms with van der Waals surface area (Å²) in [6.45, 7) is 2.12. The molecule has 0 bridgehead atoms. The van der Waals surface area contributed by atoms with Crippen LogP contribution in [0.1, 0.15) is 12.5 Å². The summed E-state index contributed by atoms with van der Waals surface area (Å²) in [5.74, 6) is 7.14. The molecule has 0 radical (unpaired) electrons. The molecule has 66 valence electrons. The van der Waals surface area contributed by atoms with Gasteiger partial charge in [-0.2, -0.15) is 0 Å². The van der Waals surface area contributed by atoms with Crippen molar-refractivity contribution in [1.29, 1.82) is 0 Å². The molecule has 13 heavy (non-hydrogen) atoms. The predicted molar refractivity (Wildman–Crippen MR) is 60.6 cm³/mol. The highest BCUT2D eigenvalue weighted by Crippen LogP contribution is 1.99. The highest BCUT2D eigenvalue weighted by molar-refractivity contribution is 8.02. The molecule has 0 aliphatic rings. The second-order valence-electron chi connectivity index (χ2n) is 2.39. The first-order valence-corrected chi connectivity index (χ1v) is 5.31. The molecule has 1 rings (SSSR count). The van der Waals surface area contributed by atoms with Crippen LogP contribution in [0.15, 0.2) is 41.8 Å². The maximum Gasteiger partial charge on any atom is 0.0248 e. The molecule has 0 heterocycles. The molecule has 1 aromatic rings. The second-order valence-corrected chi connectivity index (χ2v) is 3.58. The Morgan fingerprint density at radius 2 is 2.08 bits per heavy atom. The number of allylic oxidation sites excluding steroid dienone is 1. The van der Waals surface area contributed by atoms with Gasteiger partial charge in [0, 0.05) is 5.56 Å². The van der Waals surface area contributed by atoms with Crippen LogP contribution < -0.4 is 0 Å². The Hall–Kier alpha value is -1.13. The quantitative estimate of drug-likeness (QED) is 0.642. The fourth-order valence-corrected chi connectivity index (χ4v) is 1.18. The Morgan fingerprint density at radius 3 is 2.77 bits per heavy atom. The van der Waals surface area contributed by atoms with Crippen LogP contribution in [0.4, 0.5) is 0 Å². The average molecular weight is 188 g/mol. The summed E-state index contributed by atoms with van der Waals surface area (Å²) < 4.78 is 0. The minimum atomic E-state index is 1.06. The summed E-state index contributed by atoms with van der Waals surface area (Å²) in [5, 5.41) is 2.02. The molecule has 0 amide bonds. The van der Waals surface area contributed by atoms with Gasteiger partial charge in [0.25, 0.3) is 0 Å². The molecule has 1 aromatic carbocycles. The van der Waals surface area contributed by atoms with Gasteiger partial charge in [0.1, 0.15) is 0 Å². The third kappa shape index (κ3) is 4.45. The van der Waals surface area contributed by atoms with Crippen LogP contribution in [0.25, 0.3) is 0 Å². The smallest absolute Gasteiger partial charge is 0.0248 e. The third-order valence-corrected chi connectivity index (χ3v) is 2.07. The zero-order chi connectivity index (χ0) is 9.36. The van der Waals surface area contributed by atoms with Crippen molar-refractivity contribution in [2.24, 2.45) is 0 Å². The van der Waals surface area contributed by atoms with Crippen LogP contribution in [0.2, 0.25) is 0 Å². The van der Waals surface area contributed by atoms with Crippen LogP contribution in [-0.2, 0) is 0 Å². The summed E-state index contributed by atoms with van der Waals surface area (Å²) in [6, 6.07) is 10.00. The molecule has 0 spiro atoms. The molecular formula is C12H12S. The molecule has 1 heteroatoms. The normalized spacial score (nSPS) is 9.62. The average Bonchev–Trinajstić information content (AvgIpc) is 2.19. The molecular weight excluding hydrogens is 176 g/mol. The van der Waals surface area contributed by atoms with Crippen molar-refractivity contribution in [3.05, 3.63) is 47.4 Å². The Morgan fingerprint density at radius 1 is 1.31 bits per heavy atom. The fraction of sp³-hybridized carbons (Fsp3) is 0.167. The van der Waals surface area contributed by atoms with E-state index < -0.39 is 0 Å². The molecule has 0 aliphatic carbocycles. The zero-order valence-corrected chi connectivity index (χ0v) is 8.47. The molecule has 0 unspecified atom stereocenters. The van der Waals surface area contributed by atoms with E-state index in [0.717, 1.165) is 11.3 Å². The standard InChI is InChI=1S/C12H12S/c1-2-13-11-7-6-10-12-8-4-3-5-9-12/h3-5,7-9,11H,2H2,1H3/b11-7-. The van der Waals surface area contributed by atoms with Gasteiger partial charge in [-0.05, 0) is 29.4 Å². The van der Waals surface area contributed by atoms with Gasteiger partial charge in [0.15, 0.2) is 0 Å². The third-order valence-electron chi connectivity index (χ3n) is 1.40. The molecule has 0 aliphatic heterocycles. The second kappa shape index (κ2) is 6.39. The Balaban J connectivity index is 2.49. The lowest BCUT2D eigenvalue weighted by atomic mass is 10.2. The van der Waals surface area contributed by atoms with Crippen molar-refractivity contribution in [3.8, 4) is 11.8 Å². The highest BCUT2D eigenvalue weighted by Gasteiger charge is 1.78. The Kier molecular flexibility index (Phi) is 4.90. The van der Waals surface area contributed by atoms with E-state index in [1.807, 2.05) is 41.8 Å². The van der Waals surface area contributed by atoms with E-state index in [0.29, 0.717) is 0 Å². The Bertz CT molecular complexity index is 314. The molecule has 0 saturated heterocycles. The first kappa shape index (κ1) is 9.95. The van der Waals surface area contributed by atoms with E-state index in [4.69, 9.17) is 0 Å². The van der Waals surface area contributed by atoms with Crippen LogP contribution in [-0.4, -0.2) is 5.75 Å². The van der Waals surface area contributed by atoms with Crippen LogP contribution in [0, 0.1) is 11.8 Å².